The van der Waals surface area contributed by atoms with E-state index in [0.29, 0.717) is 42.3 Å². The van der Waals surface area contributed by atoms with E-state index in [0.717, 1.165) is 12.8 Å². The van der Waals surface area contributed by atoms with Crippen LogP contribution in [0.25, 0.3) is 0 Å². The lowest BCUT2D eigenvalue weighted by Crippen LogP contribution is -2.49. The topological polar surface area (TPSA) is 88.6 Å². The summed E-state index contributed by atoms with van der Waals surface area (Å²) in [5, 5.41) is 6.92. The minimum Gasteiger partial charge on any atom is -0.459 e. The van der Waals surface area contributed by atoms with Crippen molar-refractivity contribution in [3.63, 3.8) is 0 Å². The van der Waals surface area contributed by atoms with Crippen LogP contribution in [0.5, 0.6) is 0 Å². The summed E-state index contributed by atoms with van der Waals surface area (Å²) in [6.07, 6.45) is 3.78. The Kier molecular flexibility index (Phi) is 4.69. The summed E-state index contributed by atoms with van der Waals surface area (Å²) in [4.78, 5) is 26.6. The van der Waals surface area contributed by atoms with Gasteiger partial charge in [-0.3, -0.25) is 9.59 Å². The highest BCUT2D eigenvalue weighted by molar-refractivity contribution is 5.96. The van der Waals surface area contributed by atoms with Gasteiger partial charge in [0, 0.05) is 19.1 Å². The van der Waals surface area contributed by atoms with Crippen LogP contribution < -0.4 is 5.32 Å². The number of piperidine rings is 1. The molecule has 2 aromatic heterocycles. The molecule has 128 valence electrons. The average molecular weight is 331 g/mol. The van der Waals surface area contributed by atoms with Gasteiger partial charge in [-0.2, -0.15) is 0 Å². The zero-order valence-electron chi connectivity index (χ0n) is 13.9. The van der Waals surface area contributed by atoms with Crippen molar-refractivity contribution in [1.82, 2.24) is 15.4 Å². The Morgan fingerprint density at radius 1 is 1.46 bits per heavy atom. The van der Waals surface area contributed by atoms with Gasteiger partial charge in [0.15, 0.2) is 5.76 Å². The minimum absolute atomic E-state index is 0.0934. The van der Waals surface area contributed by atoms with Gasteiger partial charge < -0.3 is 19.2 Å². The highest BCUT2D eigenvalue weighted by atomic mass is 16.5. The fourth-order valence-electron chi connectivity index (χ4n) is 3.04. The molecule has 0 aromatic carbocycles. The number of aryl methyl sites for hydroxylation is 2. The van der Waals surface area contributed by atoms with Crippen LogP contribution in [0.2, 0.25) is 0 Å². The first-order chi connectivity index (χ1) is 11.6. The first-order valence-corrected chi connectivity index (χ1v) is 8.19. The predicted molar refractivity (Wildman–Crippen MR) is 85.7 cm³/mol. The molecule has 1 aliphatic rings. The fraction of sp³-hybridized carbons (Fsp3) is 0.471. The molecular formula is C17H21N3O4. The second-order valence-electron chi connectivity index (χ2n) is 5.96. The molecule has 7 heteroatoms. The summed E-state index contributed by atoms with van der Waals surface area (Å²) in [7, 11) is 0. The highest BCUT2D eigenvalue weighted by Crippen LogP contribution is 2.17. The summed E-state index contributed by atoms with van der Waals surface area (Å²) in [6, 6.07) is 3.25. The Hall–Kier alpha value is -2.57. The van der Waals surface area contributed by atoms with Crippen LogP contribution in [0.1, 0.15) is 52.1 Å². The number of likely N-dealkylation sites (tertiary alicyclic amines) is 1. The third-order valence-electron chi connectivity index (χ3n) is 4.27. The summed E-state index contributed by atoms with van der Waals surface area (Å²) in [5.74, 6) is 0.506. The van der Waals surface area contributed by atoms with E-state index >= 15 is 0 Å². The maximum Gasteiger partial charge on any atom is 0.289 e. The van der Waals surface area contributed by atoms with Gasteiger partial charge in [-0.25, -0.2) is 0 Å². The van der Waals surface area contributed by atoms with E-state index in [-0.39, 0.29) is 17.9 Å². The largest absolute Gasteiger partial charge is 0.459 e. The zero-order valence-corrected chi connectivity index (χ0v) is 13.9. The van der Waals surface area contributed by atoms with E-state index in [9.17, 15) is 9.59 Å². The van der Waals surface area contributed by atoms with Crippen molar-refractivity contribution in [2.24, 2.45) is 0 Å². The lowest BCUT2D eigenvalue weighted by atomic mass is 10.0. The standard InChI is InChI=1S/C17H21N3O4/c1-3-13-15(11(2)24-19-13)16(21)18-12-6-4-8-20(10-12)17(22)14-7-5-9-23-14/h5,7,9,12H,3-4,6,8,10H2,1-2H3,(H,18,21). The predicted octanol–water partition coefficient (Wildman–Crippen LogP) is 2.17. The number of carbonyl (C=O) groups excluding carboxylic acids is 2. The summed E-state index contributed by atoms with van der Waals surface area (Å²) >= 11 is 0. The molecule has 1 aliphatic heterocycles. The van der Waals surface area contributed by atoms with E-state index in [1.165, 1.54) is 6.26 Å². The summed E-state index contributed by atoms with van der Waals surface area (Å²) in [5.41, 5.74) is 1.16. The molecule has 1 unspecified atom stereocenters. The van der Waals surface area contributed by atoms with Crippen molar-refractivity contribution in [3.05, 3.63) is 41.2 Å². The number of aromatic nitrogens is 1. The van der Waals surface area contributed by atoms with Crippen molar-refractivity contribution in [1.29, 1.82) is 0 Å². The number of rotatable bonds is 4. The molecule has 1 atom stereocenters. The number of carbonyl (C=O) groups is 2. The molecule has 0 saturated carbocycles. The molecule has 0 aliphatic carbocycles. The second-order valence-corrected chi connectivity index (χ2v) is 5.96. The van der Waals surface area contributed by atoms with Crippen LogP contribution in [0, 0.1) is 6.92 Å². The molecule has 0 radical (unpaired) electrons. The SMILES string of the molecule is CCc1noc(C)c1C(=O)NC1CCCN(C(=O)c2ccco2)C1. The monoisotopic (exact) mass is 331 g/mol. The molecule has 2 amide bonds. The van der Waals surface area contributed by atoms with Gasteiger partial charge in [0.2, 0.25) is 0 Å². The molecule has 3 rings (SSSR count). The Morgan fingerprint density at radius 3 is 3.00 bits per heavy atom. The van der Waals surface area contributed by atoms with Crippen molar-refractivity contribution in [3.8, 4) is 0 Å². The van der Waals surface area contributed by atoms with Crippen LogP contribution in [-0.4, -0.2) is 41.0 Å². The fourth-order valence-corrected chi connectivity index (χ4v) is 3.04. The maximum absolute atomic E-state index is 12.5. The lowest BCUT2D eigenvalue weighted by Gasteiger charge is -2.32. The Labute approximate surface area is 140 Å². The molecule has 0 bridgehead atoms. The summed E-state index contributed by atoms with van der Waals surface area (Å²) < 4.78 is 10.3. The Morgan fingerprint density at radius 2 is 2.29 bits per heavy atom. The number of hydrogen-bond acceptors (Lipinski definition) is 5. The third-order valence-corrected chi connectivity index (χ3v) is 4.27. The third kappa shape index (κ3) is 3.20. The number of nitrogens with zero attached hydrogens (tertiary/aromatic N) is 2. The smallest absolute Gasteiger partial charge is 0.289 e. The number of nitrogens with one attached hydrogen (secondary N) is 1. The number of amides is 2. The molecule has 3 heterocycles. The lowest BCUT2D eigenvalue weighted by molar-refractivity contribution is 0.0646. The van der Waals surface area contributed by atoms with Gasteiger partial charge in [0.25, 0.3) is 11.8 Å². The van der Waals surface area contributed by atoms with Gasteiger partial charge in [-0.1, -0.05) is 12.1 Å². The first-order valence-electron chi connectivity index (χ1n) is 8.19. The van der Waals surface area contributed by atoms with Crippen molar-refractivity contribution in [2.75, 3.05) is 13.1 Å². The normalized spacial score (nSPS) is 17.8. The van der Waals surface area contributed by atoms with Crippen LogP contribution >= 0.6 is 0 Å². The first kappa shape index (κ1) is 16.3. The number of hydrogen-bond donors (Lipinski definition) is 1. The maximum atomic E-state index is 12.5. The summed E-state index contributed by atoms with van der Waals surface area (Å²) in [6.45, 7) is 4.79. The molecule has 1 fully saturated rings. The average Bonchev–Trinajstić information content (AvgIpc) is 3.23. The van der Waals surface area contributed by atoms with Crippen LogP contribution in [0.3, 0.4) is 0 Å². The van der Waals surface area contributed by atoms with Gasteiger partial charge >= 0.3 is 0 Å². The molecule has 1 N–H and O–H groups in total. The molecule has 1 saturated heterocycles. The van der Waals surface area contributed by atoms with E-state index in [4.69, 9.17) is 8.94 Å². The molecule has 2 aromatic rings. The molecular weight excluding hydrogens is 310 g/mol. The van der Waals surface area contributed by atoms with Gasteiger partial charge in [-0.05, 0) is 38.3 Å². The Balaban J connectivity index is 1.66. The van der Waals surface area contributed by atoms with Crippen LogP contribution in [0.4, 0.5) is 0 Å². The van der Waals surface area contributed by atoms with Gasteiger partial charge in [-0.15, -0.1) is 0 Å². The van der Waals surface area contributed by atoms with Crippen molar-refractivity contribution < 1.29 is 18.5 Å². The quantitative estimate of drug-likeness (QED) is 0.927. The van der Waals surface area contributed by atoms with E-state index in [1.54, 1.807) is 24.0 Å². The van der Waals surface area contributed by atoms with E-state index in [1.807, 2.05) is 6.92 Å². The minimum atomic E-state index is -0.192. The van der Waals surface area contributed by atoms with Crippen molar-refractivity contribution in [2.45, 2.75) is 39.2 Å². The Bertz CT molecular complexity index is 720. The molecule has 7 nitrogen and oxygen atoms in total. The van der Waals surface area contributed by atoms with Crippen LogP contribution in [0.15, 0.2) is 27.3 Å². The van der Waals surface area contributed by atoms with Gasteiger partial charge in [0.05, 0.1) is 12.0 Å². The van der Waals surface area contributed by atoms with E-state index < -0.39 is 0 Å². The van der Waals surface area contributed by atoms with Crippen LogP contribution in [-0.2, 0) is 6.42 Å². The zero-order chi connectivity index (χ0) is 17.1. The number of furan rings is 1. The van der Waals surface area contributed by atoms with E-state index in [2.05, 4.69) is 10.5 Å². The molecule has 24 heavy (non-hydrogen) atoms. The van der Waals surface area contributed by atoms with Crippen molar-refractivity contribution >= 4 is 11.8 Å². The second kappa shape index (κ2) is 6.90. The molecule has 0 spiro atoms. The van der Waals surface area contributed by atoms with Gasteiger partial charge in [0.1, 0.15) is 11.3 Å². The highest BCUT2D eigenvalue weighted by Gasteiger charge is 2.28.